The van der Waals surface area contributed by atoms with E-state index in [0.29, 0.717) is 22.7 Å². The summed E-state index contributed by atoms with van der Waals surface area (Å²) in [5, 5.41) is 5.14. The Hall–Kier alpha value is -6.10. The van der Waals surface area contributed by atoms with Crippen LogP contribution in [0.1, 0.15) is 80.6 Å². The predicted octanol–water partition coefficient (Wildman–Crippen LogP) is 8.92. The Morgan fingerprint density at radius 3 is 1.77 bits per heavy atom. The number of aryl methyl sites for hydroxylation is 1. The molecule has 2 N–H and O–H groups in total. The Morgan fingerprint density at radius 2 is 1.26 bits per heavy atom. The monoisotopic (exact) mass is 797 g/mol. The first kappa shape index (κ1) is 45.3. The molecule has 0 spiro atoms. The molecular formula is C44H48ClN3O9. The molecule has 0 fully saturated rings. The van der Waals surface area contributed by atoms with Gasteiger partial charge in [-0.1, -0.05) is 77.8 Å². The zero-order valence-electron chi connectivity index (χ0n) is 33.1. The Balaban J connectivity index is 0.00000281. The van der Waals surface area contributed by atoms with Crippen LogP contribution in [0.15, 0.2) is 102 Å². The van der Waals surface area contributed by atoms with Crippen molar-refractivity contribution in [2.24, 2.45) is 10.9 Å². The lowest BCUT2D eigenvalue weighted by Gasteiger charge is -2.22. The molecule has 0 saturated heterocycles. The zero-order valence-corrected chi connectivity index (χ0v) is 33.9. The van der Waals surface area contributed by atoms with Crippen molar-refractivity contribution in [1.29, 1.82) is 0 Å². The lowest BCUT2D eigenvalue weighted by Crippen LogP contribution is -2.47. The highest BCUT2D eigenvalue weighted by atomic mass is 35.5. The fourth-order valence-corrected chi connectivity index (χ4v) is 5.66. The summed E-state index contributed by atoms with van der Waals surface area (Å²) in [7, 11) is 0. The molecule has 0 aliphatic carbocycles. The second-order valence-electron chi connectivity index (χ2n) is 15.2. The van der Waals surface area contributed by atoms with Gasteiger partial charge in [-0.2, -0.15) is 9.59 Å². The van der Waals surface area contributed by atoms with Gasteiger partial charge in [-0.05, 0) is 120 Å². The quantitative estimate of drug-likeness (QED) is 0.0652. The maximum absolute atomic E-state index is 13.4. The number of aliphatic imine (C=N–C) groups is 1. The lowest BCUT2D eigenvalue weighted by atomic mass is 9.87. The smallest absolute Gasteiger partial charge is 0.414 e. The number of guanidine groups is 1. The molecule has 0 aliphatic heterocycles. The summed E-state index contributed by atoms with van der Waals surface area (Å²) in [5.74, 6) is -0.477. The molecule has 0 heterocycles. The second-order valence-corrected chi connectivity index (χ2v) is 15.6. The van der Waals surface area contributed by atoms with E-state index in [2.05, 4.69) is 58.9 Å². The van der Waals surface area contributed by atoms with E-state index in [4.69, 9.17) is 35.4 Å². The SMILES string of the molecule is Cc1ccc(C[C@H](CC(=O)Cc2ccc(OC(=O)c3ccc(N=C(NC(=O)OC(C)(C)C)NC(=O)OC(C)(C)C)cc3)cc2Cl)Cc2ccccc2)cc1.O=C=O. The van der Waals surface area contributed by atoms with Crippen molar-refractivity contribution >= 4 is 53.3 Å². The molecule has 4 rings (SSSR count). The Morgan fingerprint density at radius 1 is 0.737 bits per heavy atom. The number of halogens is 1. The third-order valence-corrected chi connectivity index (χ3v) is 8.09. The number of carbonyl (C=O) groups is 4. The fourth-order valence-electron chi connectivity index (χ4n) is 5.42. The van der Waals surface area contributed by atoms with E-state index in [1.165, 1.54) is 47.0 Å². The van der Waals surface area contributed by atoms with Gasteiger partial charge in [0.15, 0.2) is 0 Å². The lowest BCUT2D eigenvalue weighted by molar-refractivity contribution is -0.191. The molecule has 0 aromatic heterocycles. The van der Waals surface area contributed by atoms with Gasteiger partial charge in [-0.3, -0.25) is 15.4 Å². The number of esters is 1. The number of carbonyl (C=O) groups excluding carboxylic acids is 6. The van der Waals surface area contributed by atoms with E-state index in [1.54, 1.807) is 53.7 Å². The standard InChI is InChI=1S/C43H48ClN3O7.CO2/c1-28-13-15-30(16-14-28)24-31(23-29-11-9-8-10-12-29)25-35(48)26-33-19-22-36(27-37(33)44)52-38(49)32-17-20-34(21-18-32)45-39(46-40(50)53-42(2,3)4)47-41(51)54-43(5,6)7;2-1-3/h8-22,27,31H,23-26H2,1-7H3,(H2,45,46,47,50,51);/t31-;/m1./s1. The molecule has 0 aliphatic rings. The highest BCUT2D eigenvalue weighted by molar-refractivity contribution is 6.31. The summed E-state index contributed by atoms with van der Waals surface area (Å²) in [6.45, 7) is 12.2. The molecule has 4 aromatic carbocycles. The number of rotatable bonds is 11. The maximum atomic E-state index is 13.4. The molecule has 0 bridgehead atoms. The molecular weight excluding hydrogens is 750 g/mol. The molecule has 12 nitrogen and oxygen atoms in total. The average molecular weight is 798 g/mol. The van der Waals surface area contributed by atoms with Crippen molar-refractivity contribution in [2.45, 2.75) is 85.4 Å². The van der Waals surface area contributed by atoms with Crippen LogP contribution in [0, 0.1) is 12.8 Å². The zero-order chi connectivity index (χ0) is 42.2. The molecule has 300 valence electrons. The van der Waals surface area contributed by atoms with E-state index in [0.717, 1.165) is 12.8 Å². The van der Waals surface area contributed by atoms with Crippen molar-refractivity contribution in [3.8, 4) is 5.75 Å². The van der Waals surface area contributed by atoms with E-state index < -0.39 is 29.4 Å². The largest absolute Gasteiger partial charge is 0.444 e. The Kier molecular flexibility index (Phi) is 16.9. The van der Waals surface area contributed by atoms with Crippen LogP contribution in [0.25, 0.3) is 0 Å². The number of ketones is 1. The summed E-state index contributed by atoms with van der Waals surface area (Å²) < 4.78 is 16.1. The average Bonchev–Trinajstić information content (AvgIpc) is 3.10. The van der Waals surface area contributed by atoms with Crippen molar-refractivity contribution < 1.29 is 43.0 Å². The summed E-state index contributed by atoms with van der Waals surface area (Å²) in [4.78, 5) is 71.8. The molecule has 4 aromatic rings. The van der Waals surface area contributed by atoms with Crippen LogP contribution >= 0.6 is 11.6 Å². The fraction of sp³-hybridized carbons (Fsp3) is 0.318. The van der Waals surface area contributed by atoms with E-state index >= 15 is 0 Å². The van der Waals surface area contributed by atoms with Crippen LogP contribution < -0.4 is 15.4 Å². The number of hydrogen-bond donors (Lipinski definition) is 2. The molecule has 0 saturated carbocycles. The van der Waals surface area contributed by atoms with Gasteiger partial charge >= 0.3 is 24.3 Å². The minimum Gasteiger partial charge on any atom is -0.444 e. The number of nitrogens with one attached hydrogen (secondary N) is 2. The number of ether oxygens (including phenoxy) is 3. The minimum absolute atomic E-state index is 0.0724. The van der Waals surface area contributed by atoms with E-state index in [-0.39, 0.29) is 41.5 Å². The summed E-state index contributed by atoms with van der Waals surface area (Å²) in [6.07, 6.45) is 0.690. The highest BCUT2D eigenvalue weighted by Gasteiger charge is 2.22. The van der Waals surface area contributed by atoms with Gasteiger partial charge < -0.3 is 14.2 Å². The second kappa shape index (κ2) is 21.3. The molecule has 0 unspecified atom stereocenters. The van der Waals surface area contributed by atoms with Crippen LogP contribution in [0.2, 0.25) is 5.02 Å². The van der Waals surface area contributed by atoms with Gasteiger partial charge in [-0.15, -0.1) is 0 Å². The molecule has 1 atom stereocenters. The van der Waals surface area contributed by atoms with Crippen LogP contribution in [-0.2, 0) is 43.1 Å². The van der Waals surface area contributed by atoms with Crippen molar-refractivity contribution in [1.82, 2.24) is 10.6 Å². The summed E-state index contributed by atoms with van der Waals surface area (Å²) in [6, 6.07) is 29.4. The first-order valence-corrected chi connectivity index (χ1v) is 18.5. The maximum Gasteiger partial charge on any atom is 0.414 e. The molecule has 2 amide bonds. The topological polar surface area (TPSA) is 167 Å². The first-order chi connectivity index (χ1) is 26.8. The number of Topliss-reactive ketones (excluding diaryl/α,β-unsaturated/α-hetero) is 1. The number of hydrogen-bond acceptors (Lipinski definition) is 10. The predicted molar refractivity (Wildman–Crippen MR) is 216 cm³/mol. The Bertz CT molecular complexity index is 2010. The van der Waals surface area contributed by atoms with E-state index in [9.17, 15) is 19.2 Å². The third-order valence-electron chi connectivity index (χ3n) is 7.73. The number of amides is 2. The summed E-state index contributed by atoms with van der Waals surface area (Å²) in [5.41, 5.74) is 3.14. The van der Waals surface area contributed by atoms with Crippen molar-refractivity contribution in [2.75, 3.05) is 0 Å². The number of benzene rings is 4. The summed E-state index contributed by atoms with van der Waals surface area (Å²) >= 11 is 6.59. The van der Waals surface area contributed by atoms with Gasteiger partial charge in [0.1, 0.15) is 22.7 Å². The molecule has 57 heavy (non-hydrogen) atoms. The minimum atomic E-state index is -0.836. The molecule has 0 radical (unpaired) electrons. The van der Waals surface area contributed by atoms with Gasteiger partial charge in [0.25, 0.3) is 0 Å². The Labute approximate surface area is 338 Å². The van der Waals surface area contributed by atoms with E-state index in [1.807, 2.05) is 18.2 Å². The molecule has 13 heteroatoms. The van der Waals surface area contributed by atoms with Crippen LogP contribution in [0.5, 0.6) is 5.75 Å². The normalized spacial score (nSPS) is 11.4. The van der Waals surface area contributed by atoms with Gasteiger partial charge in [0, 0.05) is 17.9 Å². The van der Waals surface area contributed by atoms with Crippen molar-refractivity contribution in [3.63, 3.8) is 0 Å². The van der Waals surface area contributed by atoms with Gasteiger partial charge in [-0.25, -0.2) is 19.4 Å². The van der Waals surface area contributed by atoms with Crippen molar-refractivity contribution in [3.05, 3.63) is 130 Å². The number of nitrogens with zero attached hydrogens (tertiary/aromatic N) is 1. The van der Waals surface area contributed by atoms with Gasteiger partial charge in [0.2, 0.25) is 5.96 Å². The van der Waals surface area contributed by atoms with Gasteiger partial charge in [0.05, 0.1) is 11.3 Å². The first-order valence-electron chi connectivity index (χ1n) is 18.1. The third kappa shape index (κ3) is 17.5. The highest BCUT2D eigenvalue weighted by Crippen LogP contribution is 2.26. The van der Waals surface area contributed by atoms with Crippen LogP contribution in [0.4, 0.5) is 15.3 Å². The van der Waals surface area contributed by atoms with Crippen LogP contribution in [0.3, 0.4) is 0 Å². The van der Waals surface area contributed by atoms with Crippen LogP contribution in [-0.4, -0.2) is 47.3 Å². The number of alkyl carbamates (subject to hydrolysis) is 2.